The van der Waals surface area contributed by atoms with Gasteiger partial charge in [-0.1, -0.05) is 30.7 Å². The third-order valence-corrected chi connectivity index (χ3v) is 3.04. The molecular weight excluding hydrogens is 252 g/mol. The van der Waals surface area contributed by atoms with Crippen LogP contribution in [0.15, 0.2) is 30.5 Å². The maximum atomic E-state index is 11.0. The van der Waals surface area contributed by atoms with Gasteiger partial charge < -0.3 is 10.1 Å². The summed E-state index contributed by atoms with van der Waals surface area (Å²) < 4.78 is 0. The van der Waals surface area contributed by atoms with Gasteiger partial charge in [-0.25, -0.2) is 4.98 Å². The zero-order chi connectivity index (χ0) is 13.1. The number of carbonyl (C=O) groups is 1. The van der Waals surface area contributed by atoms with E-state index in [-0.39, 0.29) is 0 Å². The summed E-state index contributed by atoms with van der Waals surface area (Å²) in [6.45, 7) is 1.82. The molecule has 1 heterocycles. The van der Waals surface area contributed by atoms with Crippen LogP contribution in [-0.2, 0) is 4.79 Å². The first-order valence-corrected chi connectivity index (χ1v) is 6.03. The Morgan fingerprint density at radius 3 is 2.67 bits per heavy atom. The van der Waals surface area contributed by atoms with E-state index in [2.05, 4.69) is 9.97 Å². The Balaban J connectivity index is 2.30. The van der Waals surface area contributed by atoms with E-state index in [0.717, 1.165) is 11.3 Å². The van der Waals surface area contributed by atoms with Crippen LogP contribution in [0.1, 0.15) is 25.1 Å². The number of hydrogen-bond donors (Lipinski definition) is 2. The normalized spacial score (nSPS) is 12.3. The number of halogens is 1. The van der Waals surface area contributed by atoms with Gasteiger partial charge in [0.15, 0.2) is 0 Å². The lowest BCUT2D eigenvalue weighted by Crippen LogP contribution is -2.11. The Hall–Kier alpha value is -1.81. The quantitative estimate of drug-likeness (QED) is 0.890. The van der Waals surface area contributed by atoms with Crippen molar-refractivity contribution in [3.63, 3.8) is 0 Å². The fourth-order valence-corrected chi connectivity index (χ4v) is 1.90. The molecule has 0 saturated carbocycles. The Morgan fingerprint density at radius 2 is 2.11 bits per heavy atom. The molecule has 1 aromatic carbocycles. The molecule has 0 spiro atoms. The highest BCUT2D eigenvalue weighted by Gasteiger charge is 2.20. The lowest BCUT2D eigenvalue weighted by molar-refractivity contribution is -0.139. The molecule has 94 valence electrons. The fraction of sp³-hybridized carbons (Fsp3) is 0.231. The maximum absolute atomic E-state index is 11.0. The molecule has 1 aromatic heterocycles. The zero-order valence-corrected chi connectivity index (χ0v) is 10.6. The van der Waals surface area contributed by atoms with Crippen LogP contribution in [0.3, 0.4) is 0 Å². The number of aromatic nitrogens is 2. The van der Waals surface area contributed by atoms with Crippen LogP contribution in [0.5, 0.6) is 0 Å². The van der Waals surface area contributed by atoms with Gasteiger partial charge in [0.25, 0.3) is 0 Å². The zero-order valence-electron chi connectivity index (χ0n) is 9.85. The summed E-state index contributed by atoms with van der Waals surface area (Å²) in [6.07, 6.45) is 2.15. The highest BCUT2D eigenvalue weighted by atomic mass is 35.5. The number of benzene rings is 1. The molecule has 0 fully saturated rings. The van der Waals surface area contributed by atoms with Gasteiger partial charge >= 0.3 is 5.97 Å². The number of nitrogens with one attached hydrogen (secondary N) is 1. The maximum Gasteiger partial charge on any atom is 0.314 e. The molecule has 1 unspecified atom stereocenters. The van der Waals surface area contributed by atoms with E-state index in [1.54, 1.807) is 18.3 Å². The van der Waals surface area contributed by atoms with Gasteiger partial charge in [-0.15, -0.1) is 0 Å². The van der Waals surface area contributed by atoms with Gasteiger partial charge in [0.05, 0.1) is 11.9 Å². The number of H-pyrrole nitrogens is 1. The van der Waals surface area contributed by atoms with E-state index in [1.165, 1.54) is 0 Å². The predicted molar refractivity (Wildman–Crippen MR) is 69.7 cm³/mol. The van der Waals surface area contributed by atoms with E-state index in [0.29, 0.717) is 17.3 Å². The second kappa shape index (κ2) is 5.23. The fourth-order valence-electron chi connectivity index (χ4n) is 1.77. The second-order valence-electron chi connectivity index (χ2n) is 3.99. The Bertz CT molecular complexity index is 548. The minimum atomic E-state index is -0.866. The molecular formula is C13H13ClN2O2. The van der Waals surface area contributed by atoms with Crippen molar-refractivity contribution in [1.29, 1.82) is 0 Å². The topological polar surface area (TPSA) is 66.0 Å². The van der Waals surface area contributed by atoms with Crippen LogP contribution < -0.4 is 0 Å². The molecule has 0 bridgehead atoms. The molecule has 0 aliphatic rings. The number of aromatic amines is 1. The van der Waals surface area contributed by atoms with E-state index in [1.807, 2.05) is 19.1 Å². The van der Waals surface area contributed by atoms with E-state index < -0.39 is 11.9 Å². The lowest BCUT2D eigenvalue weighted by Gasteiger charge is -2.05. The van der Waals surface area contributed by atoms with Gasteiger partial charge in [-0.2, -0.15) is 0 Å². The molecule has 1 atom stereocenters. The van der Waals surface area contributed by atoms with Gasteiger partial charge in [0.2, 0.25) is 0 Å². The minimum Gasteiger partial charge on any atom is -0.481 e. The van der Waals surface area contributed by atoms with Crippen LogP contribution in [0.25, 0.3) is 11.3 Å². The Kier molecular flexibility index (Phi) is 3.67. The van der Waals surface area contributed by atoms with Crippen LogP contribution >= 0.6 is 11.6 Å². The molecule has 0 aliphatic carbocycles. The number of rotatable bonds is 4. The van der Waals surface area contributed by atoms with E-state index >= 15 is 0 Å². The van der Waals surface area contributed by atoms with Crippen molar-refractivity contribution in [1.82, 2.24) is 9.97 Å². The molecule has 0 amide bonds. The summed E-state index contributed by atoms with van der Waals surface area (Å²) in [5.41, 5.74) is 1.72. The van der Waals surface area contributed by atoms with E-state index in [9.17, 15) is 4.79 Å². The first kappa shape index (κ1) is 12.6. The molecule has 2 rings (SSSR count). The largest absolute Gasteiger partial charge is 0.481 e. The third-order valence-electron chi connectivity index (χ3n) is 2.79. The lowest BCUT2D eigenvalue weighted by atomic mass is 10.1. The van der Waals surface area contributed by atoms with Crippen molar-refractivity contribution < 1.29 is 9.90 Å². The standard InChI is InChI=1S/C13H13ClN2O2/c1-2-10(13(17)18)12-15-7-11(16-12)8-3-5-9(14)6-4-8/h3-7,10H,2H2,1H3,(H,15,16)(H,17,18). The molecule has 18 heavy (non-hydrogen) atoms. The van der Waals surface area contributed by atoms with Crippen LogP contribution in [-0.4, -0.2) is 21.0 Å². The number of carboxylic acid groups (broad SMARTS) is 1. The minimum absolute atomic E-state index is 0.481. The first-order chi connectivity index (χ1) is 8.61. The number of hydrogen-bond acceptors (Lipinski definition) is 2. The number of aliphatic carboxylic acids is 1. The molecule has 5 heteroatoms. The summed E-state index contributed by atoms with van der Waals surface area (Å²) in [7, 11) is 0. The molecule has 2 aromatic rings. The third kappa shape index (κ3) is 2.54. The van der Waals surface area contributed by atoms with Crippen LogP contribution in [0.2, 0.25) is 5.02 Å². The number of carboxylic acids is 1. The summed E-state index contributed by atoms with van der Waals surface area (Å²) in [5.74, 6) is -0.976. The smallest absolute Gasteiger partial charge is 0.314 e. The van der Waals surface area contributed by atoms with Gasteiger partial charge in [-0.05, 0) is 24.1 Å². The van der Waals surface area contributed by atoms with Crippen molar-refractivity contribution in [2.24, 2.45) is 0 Å². The SMILES string of the molecule is CCC(C(=O)O)c1ncc(-c2ccc(Cl)cc2)[nH]1. The monoisotopic (exact) mass is 264 g/mol. The number of imidazole rings is 1. The molecule has 0 aliphatic heterocycles. The average molecular weight is 265 g/mol. The summed E-state index contributed by atoms with van der Waals surface area (Å²) >= 11 is 5.82. The van der Waals surface area contributed by atoms with Crippen LogP contribution in [0, 0.1) is 0 Å². The highest BCUT2D eigenvalue weighted by Crippen LogP contribution is 2.23. The predicted octanol–water partition coefficient (Wildman–Crippen LogP) is 3.31. The van der Waals surface area contributed by atoms with Gasteiger partial charge in [-0.3, -0.25) is 4.79 Å². The summed E-state index contributed by atoms with van der Waals surface area (Å²) in [5, 5.41) is 9.73. The molecule has 0 saturated heterocycles. The Labute approximate surface area is 110 Å². The average Bonchev–Trinajstić information content (AvgIpc) is 2.80. The van der Waals surface area contributed by atoms with Gasteiger partial charge in [0.1, 0.15) is 11.7 Å². The van der Waals surface area contributed by atoms with Crippen molar-refractivity contribution in [3.05, 3.63) is 41.3 Å². The Morgan fingerprint density at radius 1 is 1.44 bits per heavy atom. The van der Waals surface area contributed by atoms with Crippen molar-refractivity contribution in [2.75, 3.05) is 0 Å². The van der Waals surface area contributed by atoms with Crippen molar-refractivity contribution in [3.8, 4) is 11.3 Å². The highest BCUT2D eigenvalue weighted by molar-refractivity contribution is 6.30. The van der Waals surface area contributed by atoms with Crippen molar-refractivity contribution in [2.45, 2.75) is 19.3 Å². The molecule has 4 nitrogen and oxygen atoms in total. The molecule has 2 N–H and O–H groups in total. The second-order valence-corrected chi connectivity index (χ2v) is 4.42. The molecule has 0 radical (unpaired) electrons. The summed E-state index contributed by atoms with van der Waals surface area (Å²) in [6, 6.07) is 7.29. The van der Waals surface area contributed by atoms with E-state index in [4.69, 9.17) is 16.7 Å². The van der Waals surface area contributed by atoms with Crippen LogP contribution in [0.4, 0.5) is 0 Å². The number of nitrogens with zero attached hydrogens (tertiary/aromatic N) is 1. The first-order valence-electron chi connectivity index (χ1n) is 5.65. The van der Waals surface area contributed by atoms with Gasteiger partial charge in [0, 0.05) is 5.02 Å². The van der Waals surface area contributed by atoms with Crippen molar-refractivity contribution >= 4 is 17.6 Å². The summed E-state index contributed by atoms with van der Waals surface area (Å²) in [4.78, 5) is 18.2.